The van der Waals surface area contributed by atoms with Gasteiger partial charge in [-0.1, -0.05) is 17.7 Å². The van der Waals surface area contributed by atoms with Crippen LogP contribution in [0.2, 0.25) is 5.02 Å². The third-order valence-electron chi connectivity index (χ3n) is 4.23. The number of nitrogens with zero attached hydrogens (tertiary/aromatic N) is 1. The third kappa shape index (κ3) is 3.56. The van der Waals surface area contributed by atoms with Gasteiger partial charge in [0.1, 0.15) is 5.00 Å². The van der Waals surface area contributed by atoms with Crippen LogP contribution in [0.25, 0.3) is 0 Å². The van der Waals surface area contributed by atoms with Crippen molar-refractivity contribution in [3.63, 3.8) is 0 Å². The smallest absolute Gasteiger partial charge is 0.341 e. The van der Waals surface area contributed by atoms with Crippen molar-refractivity contribution in [1.82, 2.24) is 4.90 Å². The topological polar surface area (TPSA) is 58.6 Å². The number of rotatable bonds is 3. The number of likely N-dealkylation sites (N-methyl/N-ethyl adjacent to an activating group) is 1. The van der Waals surface area contributed by atoms with E-state index in [1.165, 1.54) is 18.4 Å². The number of anilines is 1. The van der Waals surface area contributed by atoms with Gasteiger partial charge in [-0.05, 0) is 43.7 Å². The predicted molar refractivity (Wildman–Crippen MR) is 99.8 cm³/mol. The van der Waals surface area contributed by atoms with Gasteiger partial charge in [-0.2, -0.15) is 0 Å². The van der Waals surface area contributed by atoms with Crippen LogP contribution in [0.15, 0.2) is 18.2 Å². The summed E-state index contributed by atoms with van der Waals surface area (Å²) in [5.74, 6) is -0.755. The van der Waals surface area contributed by atoms with Crippen molar-refractivity contribution < 1.29 is 14.3 Å². The maximum atomic E-state index is 12.6. The first kappa shape index (κ1) is 17.9. The van der Waals surface area contributed by atoms with Crippen LogP contribution in [0.5, 0.6) is 0 Å². The molecule has 1 aliphatic rings. The molecule has 0 unspecified atom stereocenters. The summed E-state index contributed by atoms with van der Waals surface area (Å²) in [5.41, 5.74) is 2.80. The van der Waals surface area contributed by atoms with Crippen molar-refractivity contribution in [1.29, 1.82) is 0 Å². The van der Waals surface area contributed by atoms with Crippen LogP contribution >= 0.6 is 22.9 Å². The van der Waals surface area contributed by atoms with Gasteiger partial charge in [-0.15, -0.1) is 11.3 Å². The summed E-state index contributed by atoms with van der Waals surface area (Å²) >= 11 is 7.61. The van der Waals surface area contributed by atoms with E-state index < -0.39 is 5.97 Å². The predicted octanol–water partition coefficient (Wildman–Crippen LogP) is 3.74. The van der Waals surface area contributed by atoms with Crippen molar-refractivity contribution in [3.05, 3.63) is 50.4 Å². The monoisotopic (exact) mass is 378 g/mol. The second-order valence-corrected chi connectivity index (χ2v) is 7.64. The summed E-state index contributed by atoms with van der Waals surface area (Å²) in [6.45, 7) is 3.53. The average Bonchev–Trinajstić information content (AvgIpc) is 2.90. The molecule has 0 atom stereocenters. The van der Waals surface area contributed by atoms with Gasteiger partial charge in [0.15, 0.2) is 0 Å². The Morgan fingerprint density at radius 2 is 2.12 bits per heavy atom. The Hall–Kier alpha value is -1.89. The molecule has 1 aliphatic heterocycles. The molecule has 0 radical (unpaired) electrons. The number of ether oxygens (including phenoxy) is 1. The SMILES string of the molecule is COC(=O)c1c(NC(=O)c2ccc(C)cc2Cl)sc2c1CCN(C)C2. The molecule has 0 spiro atoms. The zero-order chi connectivity index (χ0) is 18.1. The zero-order valence-corrected chi connectivity index (χ0v) is 15.9. The molecule has 0 fully saturated rings. The lowest BCUT2D eigenvalue weighted by atomic mass is 10.0. The van der Waals surface area contributed by atoms with Crippen LogP contribution < -0.4 is 5.32 Å². The van der Waals surface area contributed by atoms with Gasteiger partial charge in [-0.3, -0.25) is 4.79 Å². The first-order chi connectivity index (χ1) is 11.9. The maximum Gasteiger partial charge on any atom is 0.341 e. The highest BCUT2D eigenvalue weighted by Gasteiger charge is 2.28. The molecule has 7 heteroatoms. The number of halogens is 1. The molecule has 0 aliphatic carbocycles. The summed E-state index contributed by atoms with van der Waals surface area (Å²) < 4.78 is 4.93. The van der Waals surface area contributed by atoms with E-state index in [0.29, 0.717) is 21.2 Å². The normalized spacial score (nSPS) is 14.1. The van der Waals surface area contributed by atoms with Crippen LogP contribution in [0, 0.1) is 6.92 Å². The lowest BCUT2D eigenvalue weighted by molar-refractivity contribution is 0.0600. The van der Waals surface area contributed by atoms with Gasteiger partial charge in [0.25, 0.3) is 5.91 Å². The number of benzene rings is 1. The van der Waals surface area contributed by atoms with E-state index in [1.807, 2.05) is 20.0 Å². The van der Waals surface area contributed by atoms with Crippen molar-refractivity contribution in [2.45, 2.75) is 19.9 Å². The first-order valence-corrected chi connectivity index (χ1v) is 9.09. The fourth-order valence-electron chi connectivity index (χ4n) is 2.91. The number of esters is 1. The minimum absolute atomic E-state index is 0.331. The van der Waals surface area contributed by atoms with E-state index >= 15 is 0 Å². The molecule has 1 amide bonds. The number of carbonyl (C=O) groups is 2. The molecule has 1 N–H and O–H groups in total. The molecule has 0 saturated heterocycles. The Bertz CT molecular complexity index is 847. The highest BCUT2D eigenvalue weighted by atomic mass is 35.5. The maximum absolute atomic E-state index is 12.6. The summed E-state index contributed by atoms with van der Waals surface area (Å²) in [5, 5.41) is 3.76. The van der Waals surface area contributed by atoms with Crippen LogP contribution in [0.4, 0.5) is 5.00 Å². The summed E-state index contributed by atoms with van der Waals surface area (Å²) in [6, 6.07) is 5.26. The molecule has 1 aromatic heterocycles. The molecule has 1 aromatic carbocycles. The number of carbonyl (C=O) groups excluding carboxylic acids is 2. The number of thiophene rings is 1. The lowest BCUT2D eigenvalue weighted by Crippen LogP contribution is -2.26. The van der Waals surface area contributed by atoms with E-state index in [2.05, 4.69) is 10.2 Å². The fourth-order valence-corrected chi connectivity index (χ4v) is 4.54. The molecular formula is C18H19ClN2O3S. The van der Waals surface area contributed by atoms with Crippen molar-refractivity contribution in [2.24, 2.45) is 0 Å². The number of methoxy groups -OCH3 is 1. The molecule has 0 bridgehead atoms. The van der Waals surface area contributed by atoms with E-state index in [4.69, 9.17) is 16.3 Å². The largest absolute Gasteiger partial charge is 0.465 e. The Labute approximate surface area is 155 Å². The molecule has 3 rings (SSSR count). The van der Waals surface area contributed by atoms with Crippen LogP contribution in [0.1, 0.15) is 36.7 Å². The summed E-state index contributed by atoms with van der Waals surface area (Å²) in [6.07, 6.45) is 0.758. The van der Waals surface area contributed by atoms with E-state index in [-0.39, 0.29) is 5.91 Å². The van der Waals surface area contributed by atoms with Crippen LogP contribution in [0.3, 0.4) is 0 Å². The van der Waals surface area contributed by atoms with Gasteiger partial charge in [0.2, 0.25) is 0 Å². The Kier molecular flexibility index (Phi) is 5.13. The minimum atomic E-state index is -0.424. The molecule has 25 heavy (non-hydrogen) atoms. The molecule has 132 valence electrons. The second-order valence-electron chi connectivity index (χ2n) is 6.12. The lowest BCUT2D eigenvalue weighted by Gasteiger charge is -2.22. The number of nitrogens with one attached hydrogen (secondary N) is 1. The van der Waals surface area contributed by atoms with E-state index in [1.54, 1.807) is 12.1 Å². The minimum Gasteiger partial charge on any atom is -0.465 e. The number of fused-ring (bicyclic) bond motifs is 1. The molecule has 2 heterocycles. The average molecular weight is 379 g/mol. The number of amides is 1. The summed E-state index contributed by atoms with van der Waals surface area (Å²) in [4.78, 5) is 28.2. The Morgan fingerprint density at radius 3 is 2.80 bits per heavy atom. The van der Waals surface area contributed by atoms with Gasteiger partial charge in [0.05, 0.1) is 23.3 Å². The molecular weight excluding hydrogens is 360 g/mol. The van der Waals surface area contributed by atoms with Gasteiger partial charge >= 0.3 is 5.97 Å². The van der Waals surface area contributed by atoms with Crippen molar-refractivity contribution >= 4 is 39.8 Å². The Morgan fingerprint density at radius 1 is 1.36 bits per heavy atom. The number of aryl methyl sites for hydroxylation is 1. The van der Waals surface area contributed by atoms with Gasteiger partial charge < -0.3 is 15.0 Å². The zero-order valence-electron chi connectivity index (χ0n) is 14.3. The van der Waals surface area contributed by atoms with Crippen molar-refractivity contribution in [3.8, 4) is 0 Å². The van der Waals surface area contributed by atoms with E-state index in [9.17, 15) is 9.59 Å². The number of hydrogen-bond acceptors (Lipinski definition) is 5. The summed E-state index contributed by atoms with van der Waals surface area (Å²) in [7, 11) is 3.38. The molecule has 5 nitrogen and oxygen atoms in total. The highest BCUT2D eigenvalue weighted by Crippen LogP contribution is 2.37. The fraction of sp³-hybridized carbons (Fsp3) is 0.333. The van der Waals surface area contributed by atoms with Gasteiger partial charge in [-0.25, -0.2) is 4.79 Å². The first-order valence-electron chi connectivity index (χ1n) is 7.89. The number of hydrogen-bond donors (Lipinski definition) is 1. The van der Waals surface area contributed by atoms with Crippen molar-refractivity contribution in [2.75, 3.05) is 26.0 Å². The van der Waals surface area contributed by atoms with Crippen LogP contribution in [-0.4, -0.2) is 37.5 Å². The van der Waals surface area contributed by atoms with E-state index in [0.717, 1.165) is 35.5 Å². The highest BCUT2D eigenvalue weighted by molar-refractivity contribution is 7.17. The Balaban J connectivity index is 1.96. The molecule has 0 saturated carbocycles. The second kappa shape index (κ2) is 7.15. The van der Waals surface area contributed by atoms with Crippen LogP contribution in [-0.2, 0) is 17.7 Å². The standard InChI is InChI=1S/C18H19ClN2O3S/c1-10-4-5-11(13(19)8-10)16(22)20-17-15(18(23)24-3)12-6-7-21(2)9-14(12)25-17/h4-5,8H,6-7,9H2,1-3H3,(H,20,22). The third-order valence-corrected chi connectivity index (χ3v) is 5.68. The van der Waals surface area contributed by atoms with Gasteiger partial charge in [0, 0.05) is 18.0 Å². The molecule has 2 aromatic rings. The quantitative estimate of drug-likeness (QED) is 0.826.